The summed E-state index contributed by atoms with van der Waals surface area (Å²) in [6.45, 7) is 3.35. The van der Waals surface area contributed by atoms with Gasteiger partial charge in [-0.25, -0.2) is 4.79 Å². The molecule has 0 bridgehead atoms. The van der Waals surface area contributed by atoms with Gasteiger partial charge in [0.15, 0.2) is 5.60 Å². The van der Waals surface area contributed by atoms with Crippen LogP contribution in [0.25, 0.3) is 0 Å². The molecule has 1 rings (SSSR count). The van der Waals surface area contributed by atoms with E-state index in [9.17, 15) is 14.7 Å². The molecule has 1 aliphatic rings. The predicted molar refractivity (Wildman–Crippen MR) is 46.3 cm³/mol. The molecule has 0 aromatic heterocycles. The van der Waals surface area contributed by atoms with E-state index in [1.54, 1.807) is 6.92 Å². The molecule has 0 aliphatic carbocycles. The summed E-state index contributed by atoms with van der Waals surface area (Å²) in [6, 6.07) is 0. The van der Waals surface area contributed by atoms with E-state index in [0.717, 1.165) is 0 Å². The van der Waals surface area contributed by atoms with Crippen LogP contribution >= 0.6 is 0 Å². The molecule has 0 spiro atoms. The first kappa shape index (κ1) is 11.0. The quantitative estimate of drug-likeness (QED) is 0.645. The summed E-state index contributed by atoms with van der Waals surface area (Å²) < 4.78 is 9.34. The van der Waals surface area contributed by atoms with Crippen LogP contribution in [-0.2, 0) is 19.1 Å². The van der Waals surface area contributed by atoms with Crippen molar-refractivity contribution in [1.82, 2.24) is 0 Å². The second kappa shape index (κ2) is 3.96. The summed E-state index contributed by atoms with van der Waals surface area (Å²) in [5.41, 5.74) is -1.77. The highest BCUT2D eigenvalue weighted by Gasteiger charge is 2.48. The molecule has 2 atom stereocenters. The summed E-state index contributed by atoms with van der Waals surface area (Å²) in [6.07, 6.45) is 0.352. The topological polar surface area (TPSA) is 72.8 Å². The Morgan fingerprint density at radius 2 is 2.43 bits per heavy atom. The highest BCUT2D eigenvalue weighted by molar-refractivity contribution is 5.87. The molecule has 2 unspecified atom stereocenters. The van der Waals surface area contributed by atoms with Crippen LogP contribution in [-0.4, -0.2) is 35.9 Å². The number of hydrogen-bond acceptors (Lipinski definition) is 5. The Kier molecular flexibility index (Phi) is 3.10. The lowest BCUT2D eigenvalue weighted by molar-refractivity contribution is -0.173. The van der Waals surface area contributed by atoms with Crippen molar-refractivity contribution in [1.29, 1.82) is 0 Å². The van der Waals surface area contributed by atoms with Crippen LogP contribution in [0.2, 0.25) is 0 Å². The molecule has 0 aromatic carbocycles. The van der Waals surface area contributed by atoms with E-state index in [-0.39, 0.29) is 13.2 Å². The number of ether oxygens (including phenoxy) is 2. The van der Waals surface area contributed by atoms with E-state index < -0.39 is 23.5 Å². The average Bonchev–Trinajstić information content (AvgIpc) is 2.52. The lowest BCUT2D eigenvalue weighted by Crippen LogP contribution is -2.46. The maximum atomic E-state index is 11.3. The third-order valence-corrected chi connectivity index (χ3v) is 2.30. The molecule has 5 heteroatoms. The lowest BCUT2D eigenvalue weighted by atomic mass is 9.88. The fraction of sp³-hybridized carbons (Fsp3) is 0.778. The van der Waals surface area contributed by atoms with Gasteiger partial charge in [-0.1, -0.05) is 0 Å². The molecule has 1 aliphatic heterocycles. The minimum absolute atomic E-state index is 0.177. The van der Waals surface area contributed by atoms with Gasteiger partial charge in [-0.05, 0) is 20.3 Å². The van der Waals surface area contributed by atoms with Crippen molar-refractivity contribution in [2.75, 3.05) is 13.2 Å². The minimum atomic E-state index is -1.77. The van der Waals surface area contributed by atoms with Gasteiger partial charge in [-0.2, -0.15) is 0 Å². The Bertz CT molecular complexity index is 246. The fourth-order valence-electron chi connectivity index (χ4n) is 1.43. The number of aliphatic hydroxyl groups is 1. The van der Waals surface area contributed by atoms with Gasteiger partial charge in [0.1, 0.15) is 0 Å². The van der Waals surface area contributed by atoms with Gasteiger partial charge < -0.3 is 14.6 Å². The molecular weight excluding hydrogens is 188 g/mol. The zero-order valence-corrected chi connectivity index (χ0v) is 8.28. The maximum Gasteiger partial charge on any atom is 0.338 e. The SMILES string of the molecule is CCOC(=O)C(C)(O)C1CCOC1=O. The highest BCUT2D eigenvalue weighted by atomic mass is 16.6. The van der Waals surface area contributed by atoms with Crippen molar-refractivity contribution >= 4 is 11.9 Å². The zero-order chi connectivity index (χ0) is 10.8. The first-order valence-electron chi connectivity index (χ1n) is 4.56. The summed E-state index contributed by atoms with van der Waals surface area (Å²) >= 11 is 0. The Labute approximate surface area is 82.0 Å². The number of carbonyl (C=O) groups excluding carboxylic acids is 2. The normalized spacial score (nSPS) is 25.4. The minimum Gasteiger partial charge on any atom is -0.465 e. The smallest absolute Gasteiger partial charge is 0.338 e. The van der Waals surface area contributed by atoms with Crippen molar-refractivity contribution in [2.45, 2.75) is 25.9 Å². The molecule has 0 aromatic rings. The van der Waals surface area contributed by atoms with Crippen molar-refractivity contribution in [3.8, 4) is 0 Å². The van der Waals surface area contributed by atoms with E-state index in [1.807, 2.05) is 0 Å². The Morgan fingerprint density at radius 3 is 2.86 bits per heavy atom. The van der Waals surface area contributed by atoms with E-state index in [4.69, 9.17) is 0 Å². The number of rotatable bonds is 3. The molecule has 1 N–H and O–H groups in total. The van der Waals surface area contributed by atoms with E-state index in [0.29, 0.717) is 6.42 Å². The first-order chi connectivity index (χ1) is 6.50. The van der Waals surface area contributed by atoms with Crippen LogP contribution in [0.4, 0.5) is 0 Å². The summed E-state index contributed by atoms with van der Waals surface area (Å²) in [5.74, 6) is -2.12. The monoisotopic (exact) mass is 202 g/mol. The van der Waals surface area contributed by atoms with Crippen molar-refractivity contribution in [3.63, 3.8) is 0 Å². The fourth-order valence-corrected chi connectivity index (χ4v) is 1.43. The molecule has 1 fully saturated rings. The van der Waals surface area contributed by atoms with Crippen molar-refractivity contribution in [2.24, 2.45) is 5.92 Å². The van der Waals surface area contributed by atoms with Crippen LogP contribution in [0, 0.1) is 5.92 Å². The Hall–Kier alpha value is -1.10. The van der Waals surface area contributed by atoms with Gasteiger partial charge in [0.05, 0.1) is 19.1 Å². The lowest BCUT2D eigenvalue weighted by Gasteiger charge is -2.24. The van der Waals surface area contributed by atoms with Gasteiger partial charge in [0, 0.05) is 0 Å². The molecule has 1 heterocycles. The molecule has 80 valence electrons. The third kappa shape index (κ3) is 1.87. The third-order valence-electron chi connectivity index (χ3n) is 2.30. The van der Waals surface area contributed by atoms with Gasteiger partial charge in [0.2, 0.25) is 0 Å². The van der Waals surface area contributed by atoms with E-state index in [2.05, 4.69) is 9.47 Å². The molecule has 0 amide bonds. The maximum absolute atomic E-state index is 11.3. The van der Waals surface area contributed by atoms with Crippen molar-refractivity contribution in [3.05, 3.63) is 0 Å². The molecule has 1 saturated heterocycles. The van der Waals surface area contributed by atoms with Gasteiger partial charge >= 0.3 is 11.9 Å². The van der Waals surface area contributed by atoms with E-state index >= 15 is 0 Å². The molecule has 14 heavy (non-hydrogen) atoms. The molecule has 0 radical (unpaired) electrons. The Balaban J connectivity index is 2.72. The number of carbonyl (C=O) groups is 2. The highest BCUT2D eigenvalue weighted by Crippen LogP contribution is 2.28. The van der Waals surface area contributed by atoms with Crippen molar-refractivity contribution < 1.29 is 24.2 Å². The Morgan fingerprint density at radius 1 is 1.79 bits per heavy atom. The number of cyclic esters (lactones) is 1. The summed E-state index contributed by atoms with van der Waals surface area (Å²) in [5, 5.41) is 9.81. The first-order valence-corrected chi connectivity index (χ1v) is 4.56. The molecule has 0 saturated carbocycles. The van der Waals surface area contributed by atoms with Crippen LogP contribution in [0.5, 0.6) is 0 Å². The number of hydrogen-bond donors (Lipinski definition) is 1. The second-order valence-electron chi connectivity index (χ2n) is 3.38. The second-order valence-corrected chi connectivity index (χ2v) is 3.38. The zero-order valence-electron chi connectivity index (χ0n) is 8.28. The van der Waals surface area contributed by atoms with Crippen LogP contribution in [0.15, 0.2) is 0 Å². The predicted octanol–water partition coefficient (Wildman–Crippen LogP) is -0.136. The standard InChI is InChI=1S/C9H14O5/c1-3-13-8(11)9(2,12)6-4-5-14-7(6)10/h6,12H,3-5H2,1-2H3. The van der Waals surface area contributed by atoms with Crippen LogP contribution in [0.1, 0.15) is 20.3 Å². The largest absolute Gasteiger partial charge is 0.465 e. The van der Waals surface area contributed by atoms with Gasteiger partial charge in [0.25, 0.3) is 0 Å². The van der Waals surface area contributed by atoms with Gasteiger partial charge in [-0.3, -0.25) is 4.79 Å². The molecular formula is C9H14O5. The van der Waals surface area contributed by atoms with E-state index in [1.165, 1.54) is 6.92 Å². The number of esters is 2. The van der Waals surface area contributed by atoms with Crippen LogP contribution < -0.4 is 0 Å². The average molecular weight is 202 g/mol. The summed E-state index contributed by atoms with van der Waals surface area (Å²) in [7, 11) is 0. The van der Waals surface area contributed by atoms with Gasteiger partial charge in [-0.15, -0.1) is 0 Å². The van der Waals surface area contributed by atoms with Crippen LogP contribution in [0.3, 0.4) is 0 Å². The molecule has 5 nitrogen and oxygen atoms in total. The summed E-state index contributed by atoms with van der Waals surface area (Å²) in [4.78, 5) is 22.5.